The zero-order valence-electron chi connectivity index (χ0n) is 12.4. The molecule has 1 atom stereocenters. The summed E-state index contributed by atoms with van der Waals surface area (Å²) in [5.74, 6) is 0.0844. The van der Waals surface area contributed by atoms with Crippen molar-refractivity contribution in [2.75, 3.05) is 27.2 Å². The van der Waals surface area contributed by atoms with Crippen molar-refractivity contribution in [2.45, 2.75) is 37.8 Å². The van der Waals surface area contributed by atoms with Crippen molar-refractivity contribution in [1.29, 1.82) is 0 Å². The first-order chi connectivity index (χ1) is 9.59. The summed E-state index contributed by atoms with van der Waals surface area (Å²) in [6.07, 6.45) is 4.70. The van der Waals surface area contributed by atoms with E-state index in [4.69, 9.17) is 5.73 Å². The Morgan fingerprint density at radius 1 is 1.40 bits per heavy atom. The maximum Gasteiger partial charge on any atom is 0.245 e. The third-order valence-corrected chi connectivity index (χ3v) is 4.91. The Bertz CT molecular complexity index is 413. The molecule has 1 aromatic heterocycles. The number of carbonyl (C=O) groups excluding carboxylic acids is 1. The monoisotopic (exact) mass is 295 g/mol. The van der Waals surface area contributed by atoms with E-state index in [1.54, 1.807) is 11.3 Å². The van der Waals surface area contributed by atoms with E-state index in [9.17, 15) is 4.79 Å². The average Bonchev–Trinajstić information content (AvgIpc) is 3.10. The molecule has 1 unspecified atom stereocenters. The number of rotatable bonds is 6. The van der Waals surface area contributed by atoms with Gasteiger partial charge in [0.2, 0.25) is 5.91 Å². The molecule has 1 aromatic rings. The summed E-state index contributed by atoms with van der Waals surface area (Å²) in [5.41, 5.74) is 6.16. The summed E-state index contributed by atoms with van der Waals surface area (Å²) < 4.78 is 0. The highest BCUT2D eigenvalue weighted by Gasteiger charge is 2.30. The van der Waals surface area contributed by atoms with E-state index in [0.717, 1.165) is 30.8 Å². The highest BCUT2D eigenvalue weighted by Crippen LogP contribution is 2.27. The van der Waals surface area contributed by atoms with Gasteiger partial charge < -0.3 is 15.5 Å². The molecule has 0 aromatic carbocycles. The van der Waals surface area contributed by atoms with Crippen molar-refractivity contribution < 1.29 is 4.79 Å². The van der Waals surface area contributed by atoms with Crippen molar-refractivity contribution in [1.82, 2.24) is 9.80 Å². The lowest BCUT2D eigenvalue weighted by atomic mass is 10.1. The Hall–Kier alpha value is -0.910. The molecule has 4 nitrogen and oxygen atoms in total. The number of hydrogen-bond acceptors (Lipinski definition) is 4. The van der Waals surface area contributed by atoms with Crippen LogP contribution in [0, 0.1) is 0 Å². The van der Waals surface area contributed by atoms with Crippen molar-refractivity contribution in [3.63, 3.8) is 0 Å². The first-order valence-corrected chi connectivity index (χ1v) is 8.21. The van der Waals surface area contributed by atoms with Crippen molar-refractivity contribution in [3.05, 3.63) is 22.4 Å². The highest BCUT2D eigenvalue weighted by atomic mass is 32.1. The molecular formula is C15H25N3OS. The zero-order valence-corrected chi connectivity index (χ0v) is 13.2. The standard InChI is InChI=1S/C15H25N3OS/c1-17(2)9-10-18(12-6-3-4-7-12)15(19)14(16)13-8-5-11-20-13/h5,8,11-12,14H,3-4,6-7,9-10,16H2,1-2H3. The maximum absolute atomic E-state index is 12.7. The van der Waals surface area contributed by atoms with Gasteiger partial charge in [-0.1, -0.05) is 18.9 Å². The fraction of sp³-hybridized carbons (Fsp3) is 0.667. The number of likely N-dealkylation sites (N-methyl/N-ethyl adjacent to an activating group) is 1. The second-order valence-corrected chi connectivity index (χ2v) is 6.75. The Morgan fingerprint density at radius 2 is 2.10 bits per heavy atom. The maximum atomic E-state index is 12.7. The Kier molecular flexibility index (Phi) is 5.57. The zero-order chi connectivity index (χ0) is 14.5. The van der Waals surface area contributed by atoms with Gasteiger partial charge in [0.05, 0.1) is 0 Å². The van der Waals surface area contributed by atoms with Gasteiger partial charge >= 0.3 is 0 Å². The summed E-state index contributed by atoms with van der Waals surface area (Å²) in [4.78, 5) is 17.8. The average molecular weight is 295 g/mol. The largest absolute Gasteiger partial charge is 0.337 e. The highest BCUT2D eigenvalue weighted by molar-refractivity contribution is 7.10. The molecule has 0 aliphatic heterocycles. The molecule has 1 heterocycles. The predicted molar refractivity (Wildman–Crippen MR) is 83.8 cm³/mol. The molecule has 2 N–H and O–H groups in total. The molecule has 2 rings (SSSR count). The van der Waals surface area contributed by atoms with Crippen LogP contribution in [-0.4, -0.2) is 48.9 Å². The minimum Gasteiger partial charge on any atom is -0.337 e. The number of nitrogens with zero attached hydrogens (tertiary/aromatic N) is 2. The van der Waals surface area contributed by atoms with Gasteiger partial charge in [-0.15, -0.1) is 11.3 Å². The molecule has 5 heteroatoms. The van der Waals surface area contributed by atoms with Gasteiger partial charge in [-0.25, -0.2) is 0 Å². The summed E-state index contributed by atoms with van der Waals surface area (Å²) >= 11 is 1.56. The van der Waals surface area contributed by atoms with Crippen molar-refractivity contribution in [3.8, 4) is 0 Å². The lowest BCUT2D eigenvalue weighted by molar-refractivity contribution is -0.135. The fourth-order valence-electron chi connectivity index (χ4n) is 2.76. The fourth-order valence-corrected chi connectivity index (χ4v) is 3.48. The lowest BCUT2D eigenvalue weighted by Crippen LogP contribution is -2.46. The van der Waals surface area contributed by atoms with Crippen LogP contribution in [0.5, 0.6) is 0 Å². The van der Waals surface area contributed by atoms with E-state index in [1.165, 1.54) is 12.8 Å². The van der Waals surface area contributed by atoms with Crippen molar-refractivity contribution in [2.24, 2.45) is 5.73 Å². The second kappa shape index (κ2) is 7.20. The van der Waals surface area contributed by atoms with Crippen LogP contribution >= 0.6 is 11.3 Å². The minimum atomic E-state index is -0.502. The van der Waals surface area contributed by atoms with E-state index in [-0.39, 0.29) is 5.91 Å². The van der Waals surface area contributed by atoms with E-state index in [1.807, 2.05) is 36.5 Å². The number of carbonyl (C=O) groups is 1. The molecule has 0 saturated heterocycles. The second-order valence-electron chi connectivity index (χ2n) is 5.77. The van der Waals surface area contributed by atoms with Crippen molar-refractivity contribution >= 4 is 17.2 Å². The van der Waals surface area contributed by atoms with Gasteiger partial charge in [0.1, 0.15) is 6.04 Å². The number of thiophene rings is 1. The van der Waals surface area contributed by atoms with E-state index in [2.05, 4.69) is 4.90 Å². The molecule has 1 amide bonds. The smallest absolute Gasteiger partial charge is 0.245 e. The normalized spacial score (nSPS) is 17.6. The van der Waals surface area contributed by atoms with Crippen LogP contribution in [0.2, 0.25) is 0 Å². The topological polar surface area (TPSA) is 49.6 Å². The van der Waals surface area contributed by atoms with E-state index < -0.39 is 6.04 Å². The van der Waals surface area contributed by atoms with Gasteiger partial charge in [0.15, 0.2) is 0 Å². The van der Waals surface area contributed by atoms with Crippen LogP contribution in [0.1, 0.15) is 36.6 Å². The van der Waals surface area contributed by atoms with Crippen LogP contribution in [0.15, 0.2) is 17.5 Å². The third-order valence-electron chi connectivity index (χ3n) is 3.95. The summed E-state index contributed by atoms with van der Waals surface area (Å²) in [6.45, 7) is 1.66. The molecule has 112 valence electrons. The van der Waals surface area contributed by atoms with Gasteiger partial charge in [-0.3, -0.25) is 4.79 Å². The van der Waals surface area contributed by atoms with Gasteiger partial charge in [-0.2, -0.15) is 0 Å². The lowest BCUT2D eigenvalue weighted by Gasteiger charge is -2.32. The summed E-state index contributed by atoms with van der Waals surface area (Å²) in [5, 5.41) is 1.97. The van der Waals surface area contributed by atoms with E-state index >= 15 is 0 Å². The van der Waals surface area contributed by atoms with Crippen LogP contribution in [0.25, 0.3) is 0 Å². The van der Waals surface area contributed by atoms with Crippen LogP contribution in [0.4, 0.5) is 0 Å². The molecule has 0 bridgehead atoms. The molecule has 1 aliphatic rings. The molecule has 20 heavy (non-hydrogen) atoms. The van der Waals surface area contributed by atoms with Gasteiger partial charge in [0.25, 0.3) is 0 Å². The predicted octanol–water partition coefficient (Wildman–Crippen LogP) is 2.08. The Morgan fingerprint density at radius 3 is 2.65 bits per heavy atom. The number of amides is 1. The molecule has 0 spiro atoms. The van der Waals surface area contributed by atoms with Gasteiger partial charge in [-0.05, 0) is 38.4 Å². The number of hydrogen-bond donors (Lipinski definition) is 1. The molecule has 1 saturated carbocycles. The minimum absolute atomic E-state index is 0.0844. The van der Waals surface area contributed by atoms with Crippen LogP contribution < -0.4 is 5.73 Å². The van der Waals surface area contributed by atoms with Gasteiger partial charge in [0, 0.05) is 24.0 Å². The number of nitrogens with two attached hydrogens (primary N) is 1. The summed E-state index contributed by atoms with van der Waals surface area (Å²) in [6, 6.07) is 3.78. The summed E-state index contributed by atoms with van der Waals surface area (Å²) in [7, 11) is 4.08. The Balaban J connectivity index is 2.06. The molecule has 1 fully saturated rings. The van der Waals surface area contributed by atoms with Crippen LogP contribution in [-0.2, 0) is 4.79 Å². The quantitative estimate of drug-likeness (QED) is 0.874. The van der Waals surface area contributed by atoms with E-state index in [0.29, 0.717) is 6.04 Å². The first-order valence-electron chi connectivity index (χ1n) is 7.34. The molecular weight excluding hydrogens is 270 g/mol. The SMILES string of the molecule is CN(C)CCN(C(=O)C(N)c1cccs1)C1CCCC1. The molecule has 0 radical (unpaired) electrons. The van der Waals surface area contributed by atoms with Crippen LogP contribution in [0.3, 0.4) is 0 Å². The third kappa shape index (κ3) is 3.81. The first kappa shape index (κ1) is 15.5. The molecule has 1 aliphatic carbocycles. The Labute approximate surface area is 125 Å².